The molecule has 3 N–H and O–H groups in total. The Labute approximate surface area is 83.3 Å². The molecular formula is C8H9F4N3. The fraction of sp³-hybridized carbons (Fsp3) is 0.375. The third kappa shape index (κ3) is 3.26. The summed E-state index contributed by atoms with van der Waals surface area (Å²) in [5.74, 6) is -3.83. The lowest BCUT2D eigenvalue weighted by Gasteiger charge is -2.16. The lowest BCUT2D eigenvalue weighted by molar-refractivity contribution is -0.117. The molecule has 84 valence electrons. The van der Waals surface area contributed by atoms with Crippen molar-refractivity contribution in [3.63, 3.8) is 0 Å². The molecule has 0 aromatic carbocycles. The second kappa shape index (κ2) is 4.33. The smallest absolute Gasteiger partial charge is 0.324 e. The van der Waals surface area contributed by atoms with Crippen molar-refractivity contribution in [2.24, 2.45) is 0 Å². The van der Waals surface area contributed by atoms with Crippen LogP contribution in [0.25, 0.3) is 0 Å². The predicted octanol–water partition coefficient (Wildman–Crippen LogP) is 1.98. The number of pyridine rings is 1. The topological polar surface area (TPSA) is 50.9 Å². The standard InChI is InChI=1S/C8H9F4N3/c9-7(10)8(11,12)4-15-5-1-2-6(13)14-3-5/h1-3,7,15H,4H2,(H2,13,14). The number of alkyl halides is 4. The van der Waals surface area contributed by atoms with Crippen LogP contribution in [0, 0.1) is 0 Å². The summed E-state index contributed by atoms with van der Waals surface area (Å²) in [6, 6.07) is 2.76. The number of anilines is 2. The Morgan fingerprint density at radius 3 is 2.53 bits per heavy atom. The first-order valence-electron chi connectivity index (χ1n) is 4.03. The monoisotopic (exact) mass is 223 g/mol. The lowest BCUT2D eigenvalue weighted by atomic mass is 10.3. The molecule has 0 saturated carbocycles. The van der Waals surface area contributed by atoms with E-state index in [-0.39, 0.29) is 11.5 Å². The summed E-state index contributed by atoms with van der Waals surface area (Å²) in [6.45, 7) is -1.14. The van der Waals surface area contributed by atoms with Crippen molar-refractivity contribution in [3.8, 4) is 0 Å². The molecule has 0 radical (unpaired) electrons. The van der Waals surface area contributed by atoms with E-state index in [1.807, 2.05) is 0 Å². The molecule has 0 fully saturated rings. The Morgan fingerprint density at radius 2 is 2.07 bits per heavy atom. The van der Waals surface area contributed by atoms with Crippen LogP contribution in [0.5, 0.6) is 0 Å². The third-order valence-electron chi connectivity index (χ3n) is 1.63. The van der Waals surface area contributed by atoms with Gasteiger partial charge in [-0.05, 0) is 12.1 Å². The van der Waals surface area contributed by atoms with Crippen LogP contribution in [-0.2, 0) is 0 Å². The van der Waals surface area contributed by atoms with Crippen molar-refractivity contribution < 1.29 is 17.6 Å². The minimum absolute atomic E-state index is 0.213. The highest BCUT2D eigenvalue weighted by Gasteiger charge is 2.40. The van der Waals surface area contributed by atoms with Gasteiger partial charge < -0.3 is 11.1 Å². The number of halogens is 4. The highest BCUT2D eigenvalue weighted by atomic mass is 19.3. The van der Waals surface area contributed by atoms with Gasteiger partial charge >= 0.3 is 12.3 Å². The molecule has 0 saturated heterocycles. The summed E-state index contributed by atoms with van der Waals surface area (Å²) < 4.78 is 48.4. The SMILES string of the molecule is Nc1ccc(NCC(F)(F)C(F)F)cn1. The third-order valence-corrected chi connectivity index (χ3v) is 1.63. The molecule has 1 aromatic rings. The highest BCUT2D eigenvalue weighted by Crippen LogP contribution is 2.23. The van der Waals surface area contributed by atoms with Crippen molar-refractivity contribution in [1.82, 2.24) is 4.98 Å². The van der Waals surface area contributed by atoms with Gasteiger partial charge in [0.05, 0.1) is 18.4 Å². The summed E-state index contributed by atoms with van der Waals surface area (Å²) in [5, 5.41) is 2.15. The summed E-state index contributed by atoms with van der Waals surface area (Å²) in [6.07, 6.45) is -2.50. The van der Waals surface area contributed by atoms with Gasteiger partial charge in [0.25, 0.3) is 0 Å². The molecule has 1 rings (SSSR count). The lowest BCUT2D eigenvalue weighted by Crippen LogP contribution is -2.34. The zero-order valence-electron chi connectivity index (χ0n) is 7.55. The van der Waals surface area contributed by atoms with Crippen molar-refractivity contribution >= 4 is 11.5 Å². The van der Waals surface area contributed by atoms with Crippen molar-refractivity contribution in [1.29, 1.82) is 0 Å². The highest BCUT2D eigenvalue weighted by molar-refractivity contribution is 5.45. The van der Waals surface area contributed by atoms with Crippen LogP contribution in [0.2, 0.25) is 0 Å². The largest absolute Gasteiger partial charge is 0.384 e. The summed E-state index contributed by atoms with van der Waals surface area (Å²) in [4.78, 5) is 3.61. The number of hydrogen-bond acceptors (Lipinski definition) is 3. The Morgan fingerprint density at radius 1 is 1.40 bits per heavy atom. The van der Waals surface area contributed by atoms with E-state index in [0.29, 0.717) is 0 Å². The van der Waals surface area contributed by atoms with Gasteiger partial charge in [-0.2, -0.15) is 8.78 Å². The number of hydrogen-bond donors (Lipinski definition) is 2. The average molecular weight is 223 g/mol. The maximum Gasteiger partial charge on any atom is 0.324 e. The van der Waals surface area contributed by atoms with Crippen LogP contribution in [-0.4, -0.2) is 23.9 Å². The van der Waals surface area contributed by atoms with E-state index in [9.17, 15) is 17.6 Å². The minimum Gasteiger partial charge on any atom is -0.384 e. The van der Waals surface area contributed by atoms with Gasteiger partial charge in [0.15, 0.2) is 0 Å². The molecule has 0 aliphatic heterocycles. The molecule has 1 aromatic heterocycles. The van der Waals surface area contributed by atoms with Gasteiger partial charge in [0.2, 0.25) is 0 Å². The Bertz CT molecular complexity index is 312. The van der Waals surface area contributed by atoms with Crippen LogP contribution >= 0.6 is 0 Å². The van der Waals surface area contributed by atoms with Gasteiger partial charge in [-0.25, -0.2) is 13.8 Å². The number of nitrogens with one attached hydrogen (secondary N) is 1. The van der Waals surface area contributed by atoms with Gasteiger partial charge in [0, 0.05) is 0 Å². The number of nitrogens with zero attached hydrogens (tertiary/aromatic N) is 1. The summed E-state index contributed by atoms with van der Waals surface area (Å²) in [5.41, 5.74) is 5.46. The van der Waals surface area contributed by atoms with E-state index in [2.05, 4.69) is 10.3 Å². The maximum atomic E-state index is 12.5. The number of nitrogen functional groups attached to an aromatic ring is 1. The first kappa shape index (κ1) is 11.5. The molecular weight excluding hydrogens is 214 g/mol. The molecule has 0 spiro atoms. The molecule has 15 heavy (non-hydrogen) atoms. The Hall–Kier alpha value is -1.53. The Balaban J connectivity index is 2.54. The van der Waals surface area contributed by atoms with E-state index >= 15 is 0 Å². The second-order valence-corrected chi connectivity index (χ2v) is 2.89. The zero-order chi connectivity index (χ0) is 11.5. The van der Waals surface area contributed by atoms with Crippen molar-refractivity contribution in [3.05, 3.63) is 18.3 Å². The minimum atomic E-state index is -4.05. The summed E-state index contributed by atoms with van der Waals surface area (Å²) in [7, 11) is 0. The maximum absolute atomic E-state index is 12.5. The van der Waals surface area contributed by atoms with Gasteiger partial charge in [-0.15, -0.1) is 0 Å². The fourth-order valence-corrected chi connectivity index (χ4v) is 0.807. The van der Waals surface area contributed by atoms with E-state index in [4.69, 9.17) is 5.73 Å². The Kier molecular flexibility index (Phi) is 3.33. The van der Waals surface area contributed by atoms with Gasteiger partial charge in [-0.1, -0.05) is 0 Å². The van der Waals surface area contributed by atoms with E-state index in [1.165, 1.54) is 18.3 Å². The summed E-state index contributed by atoms with van der Waals surface area (Å²) >= 11 is 0. The first-order valence-corrected chi connectivity index (χ1v) is 4.03. The molecule has 0 aliphatic carbocycles. The molecule has 1 heterocycles. The zero-order valence-corrected chi connectivity index (χ0v) is 7.55. The van der Waals surface area contributed by atoms with E-state index < -0.39 is 18.9 Å². The number of rotatable bonds is 4. The van der Waals surface area contributed by atoms with E-state index in [1.54, 1.807) is 0 Å². The fourth-order valence-electron chi connectivity index (χ4n) is 0.807. The molecule has 3 nitrogen and oxygen atoms in total. The van der Waals surface area contributed by atoms with Crippen LogP contribution in [0.15, 0.2) is 18.3 Å². The second-order valence-electron chi connectivity index (χ2n) is 2.89. The molecule has 0 amide bonds. The average Bonchev–Trinajstić information content (AvgIpc) is 2.17. The van der Waals surface area contributed by atoms with Gasteiger partial charge in [0.1, 0.15) is 5.82 Å². The van der Waals surface area contributed by atoms with E-state index in [0.717, 1.165) is 0 Å². The quantitative estimate of drug-likeness (QED) is 0.767. The van der Waals surface area contributed by atoms with Crippen LogP contribution in [0.1, 0.15) is 0 Å². The molecule has 0 unspecified atom stereocenters. The normalized spacial score (nSPS) is 11.8. The molecule has 0 atom stereocenters. The number of aromatic nitrogens is 1. The molecule has 0 aliphatic rings. The predicted molar refractivity (Wildman–Crippen MR) is 48.1 cm³/mol. The molecule has 7 heteroatoms. The van der Waals surface area contributed by atoms with Crippen LogP contribution < -0.4 is 11.1 Å². The first-order chi connectivity index (χ1) is 6.92. The van der Waals surface area contributed by atoms with Crippen molar-refractivity contribution in [2.75, 3.05) is 17.6 Å². The van der Waals surface area contributed by atoms with Gasteiger partial charge in [-0.3, -0.25) is 0 Å². The van der Waals surface area contributed by atoms with Crippen molar-refractivity contribution in [2.45, 2.75) is 12.3 Å². The number of nitrogens with two attached hydrogens (primary N) is 1. The molecule has 0 bridgehead atoms. The van der Waals surface area contributed by atoms with Crippen LogP contribution in [0.4, 0.5) is 29.1 Å². The van der Waals surface area contributed by atoms with Crippen LogP contribution in [0.3, 0.4) is 0 Å².